The van der Waals surface area contributed by atoms with Crippen molar-refractivity contribution in [2.75, 3.05) is 6.61 Å². The average Bonchev–Trinajstić information content (AvgIpc) is 2.86. The van der Waals surface area contributed by atoms with Gasteiger partial charge in [0.15, 0.2) is 0 Å². The molecular weight excluding hydrogens is 398 g/mol. The van der Waals surface area contributed by atoms with E-state index in [-0.39, 0.29) is 11.9 Å². The molecule has 3 aromatic carbocycles. The van der Waals surface area contributed by atoms with Crippen LogP contribution in [0.5, 0.6) is 5.88 Å². The van der Waals surface area contributed by atoms with Gasteiger partial charge in [0.05, 0.1) is 11.6 Å². The van der Waals surface area contributed by atoms with E-state index >= 15 is 0 Å². The summed E-state index contributed by atoms with van der Waals surface area (Å²) in [5.41, 5.74) is 3.57. The van der Waals surface area contributed by atoms with Crippen molar-refractivity contribution in [3.05, 3.63) is 107 Å². The Morgan fingerprint density at radius 2 is 1.78 bits per heavy atom. The Bertz CT molecular complexity index is 1320. The minimum absolute atomic E-state index is 0.00214. The third-order valence-electron chi connectivity index (χ3n) is 5.93. The third kappa shape index (κ3) is 3.79. The van der Waals surface area contributed by atoms with E-state index in [9.17, 15) is 4.79 Å². The van der Waals surface area contributed by atoms with Crippen molar-refractivity contribution in [3.8, 4) is 11.9 Å². The number of ether oxygens (including phenoxy) is 1. The first-order valence-electron chi connectivity index (χ1n) is 10.6. The zero-order valence-electron chi connectivity index (χ0n) is 17.4. The van der Waals surface area contributed by atoms with E-state index in [1.807, 2.05) is 59.5 Å². The third-order valence-corrected chi connectivity index (χ3v) is 5.93. The fourth-order valence-electron chi connectivity index (χ4n) is 4.25. The van der Waals surface area contributed by atoms with Gasteiger partial charge in [-0.25, -0.2) is 4.98 Å². The van der Waals surface area contributed by atoms with Crippen LogP contribution in [0.15, 0.2) is 85.1 Å². The predicted octanol–water partition coefficient (Wildman–Crippen LogP) is 4.75. The zero-order chi connectivity index (χ0) is 21.9. The molecule has 1 atom stereocenters. The number of fused-ring (bicyclic) bond motifs is 2. The number of pyridine rings is 1. The largest absolute Gasteiger partial charge is 0.475 e. The van der Waals surface area contributed by atoms with E-state index in [1.54, 1.807) is 12.1 Å². The molecule has 0 N–H and O–H groups in total. The summed E-state index contributed by atoms with van der Waals surface area (Å²) < 4.78 is 5.95. The highest BCUT2D eigenvalue weighted by atomic mass is 16.5. The molecule has 156 valence electrons. The van der Waals surface area contributed by atoms with Crippen LogP contribution in [-0.4, -0.2) is 28.4 Å². The lowest BCUT2D eigenvalue weighted by atomic mass is 9.93. The van der Waals surface area contributed by atoms with E-state index in [2.05, 4.69) is 23.2 Å². The molecular formula is C27H21N3O2. The van der Waals surface area contributed by atoms with E-state index in [0.29, 0.717) is 36.6 Å². The normalized spacial score (nSPS) is 15.1. The number of hydrogen-bond acceptors (Lipinski definition) is 4. The second kappa shape index (κ2) is 8.52. The van der Waals surface area contributed by atoms with Crippen molar-refractivity contribution in [3.63, 3.8) is 0 Å². The molecule has 1 aliphatic heterocycles. The summed E-state index contributed by atoms with van der Waals surface area (Å²) in [7, 11) is 0. The van der Waals surface area contributed by atoms with Crippen LogP contribution in [0, 0.1) is 11.3 Å². The summed E-state index contributed by atoms with van der Waals surface area (Å²) in [6.45, 7) is 0.858. The maximum absolute atomic E-state index is 13.7. The molecule has 0 aliphatic carbocycles. The average molecular weight is 419 g/mol. The van der Waals surface area contributed by atoms with Crippen molar-refractivity contribution in [2.45, 2.75) is 19.0 Å². The quantitative estimate of drug-likeness (QED) is 0.479. The summed E-state index contributed by atoms with van der Waals surface area (Å²) in [5, 5.41) is 11.0. The first kappa shape index (κ1) is 19.8. The lowest BCUT2D eigenvalue weighted by Crippen LogP contribution is -2.47. The lowest BCUT2D eigenvalue weighted by Gasteiger charge is -2.37. The minimum Gasteiger partial charge on any atom is -0.475 e. The van der Waals surface area contributed by atoms with Gasteiger partial charge in [0.1, 0.15) is 12.7 Å². The predicted molar refractivity (Wildman–Crippen MR) is 122 cm³/mol. The summed E-state index contributed by atoms with van der Waals surface area (Å²) in [5.74, 6) is 0.443. The van der Waals surface area contributed by atoms with Gasteiger partial charge < -0.3 is 9.64 Å². The van der Waals surface area contributed by atoms with E-state index < -0.39 is 0 Å². The molecule has 0 saturated heterocycles. The number of carbonyl (C=O) groups excluding carboxylic acids is 1. The molecule has 5 nitrogen and oxygen atoms in total. The Hall–Kier alpha value is -4.17. The number of aromatic nitrogens is 1. The first-order chi connectivity index (χ1) is 15.7. The summed E-state index contributed by atoms with van der Waals surface area (Å²) in [4.78, 5) is 19.9. The summed E-state index contributed by atoms with van der Waals surface area (Å²) in [6, 6.07) is 27.3. The number of rotatable bonds is 4. The highest BCUT2D eigenvalue weighted by molar-refractivity contribution is 6.07. The Morgan fingerprint density at radius 3 is 2.59 bits per heavy atom. The van der Waals surface area contributed by atoms with Crippen LogP contribution in [0.1, 0.15) is 27.0 Å². The van der Waals surface area contributed by atoms with Gasteiger partial charge in [-0.1, -0.05) is 60.7 Å². The molecule has 1 amide bonds. The number of hydrogen-bond donors (Lipinski definition) is 0. The maximum Gasteiger partial charge on any atom is 0.255 e. The second-order valence-corrected chi connectivity index (χ2v) is 7.89. The van der Waals surface area contributed by atoms with Crippen molar-refractivity contribution in [1.82, 2.24) is 9.88 Å². The number of amides is 1. The van der Waals surface area contributed by atoms with Crippen LogP contribution in [0.4, 0.5) is 0 Å². The van der Waals surface area contributed by atoms with Crippen LogP contribution in [0.3, 0.4) is 0 Å². The van der Waals surface area contributed by atoms with Crippen LogP contribution in [-0.2, 0) is 13.0 Å². The van der Waals surface area contributed by atoms with Gasteiger partial charge in [0.2, 0.25) is 5.88 Å². The number of nitrogens with zero attached hydrogens (tertiary/aromatic N) is 3. The van der Waals surface area contributed by atoms with E-state index in [4.69, 9.17) is 10.00 Å². The monoisotopic (exact) mass is 419 g/mol. The molecule has 0 fully saturated rings. The molecule has 4 aromatic rings. The van der Waals surface area contributed by atoms with Gasteiger partial charge in [-0.05, 0) is 40.5 Å². The zero-order valence-corrected chi connectivity index (χ0v) is 17.4. The van der Waals surface area contributed by atoms with Crippen molar-refractivity contribution >= 4 is 16.7 Å². The fraction of sp³-hybridized carbons (Fsp3) is 0.148. The highest BCUT2D eigenvalue weighted by Gasteiger charge is 2.31. The molecule has 1 unspecified atom stereocenters. The molecule has 0 spiro atoms. The van der Waals surface area contributed by atoms with Crippen molar-refractivity contribution < 1.29 is 9.53 Å². The lowest BCUT2D eigenvalue weighted by molar-refractivity contribution is 0.0564. The smallest absolute Gasteiger partial charge is 0.255 e. The fourth-order valence-corrected chi connectivity index (χ4v) is 4.25. The highest BCUT2D eigenvalue weighted by Crippen LogP contribution is 2.28. The van der Waals surface area contributed by atoms with E-state index in [0.717, 1.165) is 16.3 Å². The van der Waals surface area contributed by atoms with Gasteiger partial charge in [0.25, 0.3) is 5.91 Å². The SMILES string of the molecule is N#Cc1ccc(OCC2Cc3ccccc3CN2C(=O)c2cccc3ccccc23)nc1. The molecule has 1 aromatic heterocycles. The Balaban J connectivity index is 1.45. The number of nitriles is 1. The topological polar surface area (TPSA) is 66.2 Å². The maximum atomic E-state index is 13.7. The second-order valence-electron chi connectivity index (χ2n) is 7.89. The van der Waals surface area contributed by atoms with Crippen molar-refractivity contribution in [2.24, 2.45) is 0 Å². The van der Waals surface area contributed by atoms with Gasteiger partial charge in [0, 0.05) is 24.4 Å². The van der Waals surface area contributed by atoms with Crippen LogP contribution >= 0.6 is 0 Å². The van der Waals surface area contributed by atoms with Crippen molar-refractivity contribution in [1.29, 1.82) is 5.26 Å². The minimum atomic E-state index is -0.131. The summed E-state index contributed by atoms with van der Waals surface area (Å²) in [6.07, 6.45) is 2.20. The van der Waals surface area contributed by atoms with Gasteiger partial charge >= 0.3 is 0 Å². The van der Waals surface area contributed by atoms with E-state index in [1.165, 1.54) is 11.8 Å². The molecule has 1 aliphatic rings. The van der Waals surface area contributed by atoms with Crippen LogP contribution in [0.2, 0.25) is 0 Å². The van der Waals surface area contributed by atoms with Gasteiger partial charge in [-0.15, -0.1) is 0 Å². The van der Waals surface area contributed by atoms with Gasteiger partial charge in [-0.3, -0.25) is 4.79 Å². The van der Waals surface area contributed by atoms with Crippen LogP contribution < -0.4 is 4.74 Å². The van der Waals surface area contributed by atoms with Crippen LogP contribution in [0.25, 0.3) is 10.8 Å². The molecule has 0 radical (unpaired) electrons. The van der Waals surface area contributed by atoms with Gasteiger partial charge in [-0.2, -0.15) is 5.26 Å². The molecule has 32 heavy (non-hydrogen) atoms. The molecule has 5 rings (SSSR count). The molecule has 0 saturated carbocycles. The number of benzene rings is 3. The molecule has 0 bridgehead atoms. The Labute approximate surface area is 186 Å². The molecule has 2 heterocycles. The Kier molecular flexibility index (Phi) is 5.27. The first-order valence-corrected chi connectivity index (χ1v) is 10.6. The standard InChI is InChI=1S/C27H21N3O2/c28-15-19-12-13-26(29-16-19)32-18-23-14-21-7-1-2-8-22(21)17-30(23)27(31)25-11-5-9-20-6-3-4-10-24(20)25/h1-13,16,23H,14,17-18H2. The summed E-state index contributed by atoms with van der Waals surface area (Å²) >= 11 is 0. The Morgan fingerprint density at radius 1 is 1.00 bits per heavy atom. The number of carbonyl (C=O) groups is 1. The molecule has 5 heteroatoms.